The number of thiophene rings is 1. The minimum absolute atomic E-state index is 0.227. The van der Waals surface area contributed by atoms with Crippen LogP contribution < -0.4 is 4.74 Å². The summed E-state index contributed by atoms with van der Waals surface area (Å²) in [6.45, 7) is 2.51. The van der Waals surface area contributed by atoms with Gasteiger partial charge in [-0.25, -0.2) is 0 Å². The summed E-state index contributed by atoms with van der Waals surface area (Å²) in [6, 6.07) is 12.0. The molecular formula is C25H29ClN2O3S2. The molecular weight excluding hydrogens is 476 g/mol. The molecule has 0 aliphatic carbocycles. The van der Waals surface area contributed by atoms with Crippen molar-refractivity contribution in [2.45, 2.75) is 29.9 Å². The van der Waals surface area contributed by atoms with Crippen LogP contribution in [0.15, 0.2) is 46.8 Å². The van der Waals surface area contributed by atoms with Crippen LogP contribution in [0.2, 0.25) is 4.34 Å². The van der Waals surface area contributed by atoms with Gasteiger partial charge >= 0.3 is 5.97 Å². The first-order chi connectivity index (χ1) is 16.0. The van der Waals surface area contributed by atoms with E-state index in [0.717, 1.165) is 65.5 Å². The average molecular weight is 505 g/mol. The van der Waals surface area contributed by atoms with Crippen LogP contribution >= 0.6 is 34.7 Å². The molecule has 0 spiro atoms. The third-order valence-corrected chi connectivity index (χ3v) is 8.85. The molecule has 1 fully saturated rings. The fraction of sp³-hybridized carbons (Fsp3) is 0.440. The molecule has 8 heteroatoms. The molecule has 3 aromatic rings. The number of benzene rings is 1. The third kappa shape index (κ3) is 6.41. The highest BCUT2D eigenvalue weighted by atomic mass is 35.5. The predicted octanol–water partition coefficient (Wildman–Crippen LogP) is 6.10. The monoisotopic (exact) mass is 504 g/mol. The SMILES string of the molecule is COc1ccc2nccc(CCC[C@@H]3CCN(CCSc4ccc(Cl)s4)C[C@@H]3C(=O)O)c2c1. The number of methoxy groups -OCH3 is 1. The normalized spacial score (nSPS) is 19.1. The van der Waals surface area contributed by atoms with Crippen LogP contribution in [0.3, 0.4) is 0 Å². The molecule has 5 nitrogen and oxygen atoms in total. The Morgan fingerprint density at radius 3 is 2.97 bits per heavy atom. The number of carboxylic acids is 1. The van der Waals surface area contributed by atoms with Gasteiger partial charge < -0.3 is 14.7 Å². The second-order valence-corrected chi connectivity index (χ2v) is 11.6. The van der Waals surface area contributed by atoms with Crippen molar-refractivity contribution in [3.63, 3.8) is 0 Å². The van der Waals surface area contributed by atoms with Crippen molar-refractivity contribution in [3.05, 3.63) is 52.5 Å². The van der Waals surface area contributed by atoms with E-state index in [2.05, 4.69) is 16.0 Å². The van der Waals surface area contributed by atoms with Crippen molar-refractivity contribution in [2.75, 3.05) is 32.5 Å². The van der Waals surface area contributed by atoms with Gasteiger partial charge in [-0.2, -0.15) is 0 Å². The molecule has 0 amide bonds. The van der Waals surface area contributed by atoms with Crippen LogP contribution in [-0.2, 0) is 11.2 Å². The van der Waals surface area contributed by atoms with Crippen LogP contribution in [0.5, 0.6) is 5.75 Å². The number of carboxylic acid groups (broad SMARTS) is 1. The zero-order chi connectivity index (χ0) is 23.2. The number of rotatable bonds is 10. The Kier molecular flexibility index (Phi) is 8.52. The lowest BCUT2D eigenvalue weighted by Gasteiger charge is -2.36. The molecule has 0 bridgehead atoms. The van der Waals surface area contributed by atoms with Gasteiger partial charge in [-0.1, -0.05) is 11.6 Å². The van der Waals surface area contributed by atoms with Crippen molar-refractivity contribution in [1.29, 1.82) is 0 Å². The van der Waals surface area contributed by atoms with E-state index in [1.165, 1.54) is 9.77 Å². The Bertz CT molecular complexity index is 1090. The number of aromatic nitrogens is 1. The van der Waals surface area contributed by atoms with Crippen molar-refractivity contribution in [2.24, 2.45) is 11.8 Å². The van der Waals surface area contributed by atoms with Gasteiger partial charge in [0.05, 0.1) is 27.1 Å². The first-order valence-electron chi connectivity index (χ1n) is 11.3. The highest BCUT2D eigenvalue weighted by Crippen LogP contribution is 2.32. The third-order valence-electron chi connectivity index (χ3n) is 6.42. The summed E-state index contributed by atoms with van der Waals surface area (Å²) < 4.78 is 7.40. The van der Waals surface area contributed by atoms with E-state index >= 15 is 0 Å². The van der Waals surface area contributed by atoms with Crippen LogP contribution in [0, 0.1) is 11.8 Å². The van der Waals surface area contributed by atoms with Crippen LogP contribution in [0.4, 0.5) is 0 Å². The second-order valence-electron chi connectivity index (χ2n) is 8.45. The zero-order valence-electron chi connectivity index (χ0n) is 18.7. The van der Waals surface area contributed by atoms with Crippen LogP contribution in [0.25, 0.3) is 10.9 Å². The maximum Gasteiger partial charge on any atom is 0.308 e. The minimum Gasteiger partial charge on any atom is -0.497 e. The molecule has 2 atom stereocenters. The van der Waals surface area contributed by atoms with Gasteiger partial charge in [0.1, 0.15) is 5.75 Å². The van der Waals surface area contributed by atoms with E-state index < -0.39 is 5.97 Å². The average Bonchev–Trinajstić information content (AvgIpc) is 3.24. The summed E-state index contributed by atoms with van der Waals surface area (Å²) in [7, 11) is 1.67. The van der Waals surface area contributed by atoms with Crippen molar-refractivity contribution in [1.82, 2.24) is 9.88 Å². The highest BCUT2D eigenvalue weighted by molar-refractivity contribution is 8.01. The number of piperidine rings is 1. The maximum absolute atomic E-state index is 12.0. The molecule has 1 saturated heterocycles. The summed E-state index contributed by atoms with van der Waals surface area (Å²) in [4.78, 5) is 18.8. The molecule has 33 heavy (non-hydrogen) atoms. The van der Waals surface area contributed by atoms with E-state index in [9.17, 15) is 9.90 Å². The number of fused-ring (bicyclic) bond motifs is 1. The van der Waals surface area contributed by atoms with E-state index in [1.807, 2.05) is 36.5 Å². The number of carbonyl (C=O) groups is 1. The highest BCUT2D eigenvalue weighted by Gasteiger charge is 2.33. The van der Waals surface area contributed by atoms with Crippen LogP contribution in [0.1, 0.15) is 24.8 Å². The van der Waals surface area contributed by atoms with Gasteiger partial charge in [0.2, 0.25) is 0 Å². The number of ether oxygens (including phenoxy) is 1. The van der Waals surface area contributed by atoms with E-state index in [4.69, 9.17) is 16.3 Å². The first-order valence-corrected chi connectivity index (χ1v) is 13.5. The Morgan fingerprint density at radius 2 is 2.21 bits per heavy atom. The van der Waals surface area contributed by atoms with Crippen LogP contribution in [-0.4, -0.2) is 53.5 Å². The zero-order valence-corrected chi connectivity index (χ0v) is 21.1. The molecule has 0 unspecified atom stereocenters. The largest absolute Gasteiger partial charge is 0.497 e. The van der Waals surface area contributed by atoms with E-state index in [-0.39, 0.29) is 11.8 Å². The number of nitrogens with zero attached hydrogens (tertiary/aromatic N) is 2. The molecule has 176 valence electrons. The number of likely N-dealkylation sites (tertiary alicyclic amines) is 1. The summed E-state index contributed by atoms with van der Waals surface area (Å²) in [5, 5.41) is 11.0. The number of aliphatic carboxylic acids is 1. The number of hydrogen-bond acceptors (Lipinski definition) is 6. The Balaban J connectivity index is 1.29. The lowest BCUT2D eigenvalue weighted by Crippen LogP contribution is -2.44. The van der Waals surface area contributed by atoms with Crippen molar-refractivity contribution >= 4 is 51.6 Å². The fourth-order valence-electron chi connectivity index (χ4n) is 4.63. The minimum atomic E-state index is -0.665. The lowest BCUT2D eigenvalue weighted by molar-refractivity contribution is -0.146. The number of hydrogen-bond donors (Lipinski definition) is 1. The van der Waals surface area contributed by atoms with Gasteiger partial charge in [-0.15, -0.1) is 23.1 Å². The molecule has 2 aromatic heterocycles. The molecule has 4 rings (SSSR count). The smallest absolute Gasteiger partial charge is 0.308 e. The Hall–Kier alpha value is -1.80. The first kappa shape index (κ1) is 24.3. The van der Waals surface area contributed by atoms with Gasteiger partial charge in [0, 0.05) is 30.4 Å². The molecule has 1 aliphatic rings. The van der Waals surface area contributed by atoms with Gasteiger partial charge in [-0.05, 0) is 80.1 Å². The molecule has 0 saturated carbocycles. The Labute approximate surface area is 208 Å². The number of aryl methyl sites for hydroxylation is 1. The number of halogens is 1. The molecule has 1 aromatic carbocycles. The molecule has 3 heterocycles. The summed E-state index contributed by atoms with van der Waals surface area (Å²) in [5.41, 5.74) is 2.21. The van der Waals surface area contributed by atoms with Gasteiger partial charge in [0.15, 0.2) is 0 Å². The summed E-state index contributed by atoms with van der Waals surface area (Å²) in [5.74, 6) is 1.04. The molecule has 0 radical (unpaired) electrons. The number of thioether (sulfide) groups is 1. The summed E-state index contributed by atoms with van der Waals surface area (Å²) in [6.07, 6.45) is 5.61. The quantitative estimate of drug-likeness (QED) is 0.337. The van der Waals surface area contributed by atoms with E-state index in [0.29, 0.717) is 6.54 Å². The summed E-state index contributed by atoms with van der Waals surface area (Å²) >= 11 is 9.39. The predicted molar refractivity (Wildman–Crippen MR) is 137 cm³/mol. The maximum atomic E-state index is 12.0. The Morgan fingerprint density at radius 1 is 1.33 bits per heavy atom. The van der Waals surface area contributed by atoms with Gasteiger partial charge in [0.25, 0.3) is 0 Å². The molecule has 1 aliphatic heterocycles. The fourth-order valence-corrected chi connectivity index (χ4v) is 7.01. The standard InChI is InChI=1S/C25H29ClN2O3S2/c1-31-19-5-6-22-20(15-19)17(9-11-27-22)3-2-4-18-10-12-28(16-21(18)25(29)30)13-14-32-24-8-7-23(26)33-24/h5-9,11,15,18,21H,2-4,10,12-14,16H2,1H3,(H,29,30)/t18-,21+/m1/s1. The van der Waals surface area contributed by atoms with E-state index in [1.54, 1.807) is 30.2 Å². The van der Waals surface area contributed by atoms with Crippen molar-refractivity contribution < 1.29 is 14.6 Å². The van der Waals surface area contributed by atoms with Gasteiger partial charge in [-0.3, -0.25) is 9.78 Å². The van der Waals surface area contributed by atoms with Crippen molar-refractivity contribution in [3.8, 4) is 5.75 Å². The number of pyridine rings is 1. The lowest BCUT2D eigenvalue weighted by atomic mass is 9.81. The molecule has 1 N–H and O–H groups in total. The second kappa shape index (κ2) is 11.6. The topological polar surface area (TPSA) is 62.7 Å².